The van der Waals surface area contributed by atoms with Gasteiger partial charge in [-0.15, -0.1) is 0 Å². The molecule has 0 unspecified atom stereocenters. The summed E-state index contributed by atoms with van der Waals surface area (Å²) in [6, 6.07) is 9.92. The average Bonchev–Trinajstić information content (AvgIpc) is 2.83. The second kappa shape index (κ2) is 7.03. The standard InChI is InChI=1S/C18H19ClN6/c1-11-5-7-15(8-6-11)25-17(19)16(14(4)24-25)10-20-23-18-21-12(2)9-13(3)22-18/h5-10H,1-4H3,(H,21,22,23). The quantitative estimate of drug-likeness (QED) is 0.568. The van der Waals surface area contributed by atoms with E-state index in [1.807, 2.05) is 58.0 Å². The lowest BCUT2D eigenvalue weighted by Crippen LogP contribution is -2.00. The van der Waals surface area contributed by atoms with Crippen LogP contribution in [0.4, 0.5) is 5.95 Å². The van der Waals surface area contributed by atoms with Crippen LogP contribution in [0.1, 0.15) is 28.2 Å². The van der Waals surface area contributed by atoms with Gasteiger partial charge >= 0.3 is 0 Å². The molecule has 0 fully saturated rings. The zero-order chi connectivity index (χ0) is 18.0. The van der Waals surface area contributed by atoms with Crippen LogP contribution in [0.15, 0.2) is 35.4 Å². The number of nitrogens with zero attached hydrogens (tertiary/aromatic N) is 5. The molecule has 2 heterocycles. The van der Waals surface area contributed by atoms with Crippen molar-refractivity contribution >= 4 is 23.8 Å². The van der Waals surface area contributed by atoms with E-state index in [2.05, 4.69) is 25.6 Å². The number of hydrogen-bond acceptors (Lipinski definition) is 5. The Hall–Kier alpha value is -2.73. The van der Waals surface area contributed by atoms with Gasteiger partial charge in [-0.25, -0.2) is 20.1 Å². The molecule has 0 aliphatic rings. The van der Waals surface area contributed by atoms with Crippen LogP contribution in [0.25, 0.3) is 5.69 Å². The Labute approximate surface area is 151 Å². The lowest BCUT2D eigenvalue weighted by Gasteiger charge is -2.03. The van der Waals surface area contributed by atoms with Crippen molar-refractivity contribution in [2.75, 3.05) is 5.43 Å². The predicted molar refractivity (Wildman–Crippen MR) is 101 cm³/mol. The Morgan fingerprint density at radius 2 is 1.68 bits per heavy atom. The predicted octanol–water partition coefficient (Wildman–Crippen LogP) is 4.00. The minimum atomic E-state index is 0.452. The summed E-state index contributed by atoms with van der Waals surface area (Å²) in [5.41, 5.74) is 8.23. The highest BCUT2D eigenvalue weighted by atomic mass is 35.5. The maximum absolute atomic E-state index is 6.49. The smallest absolute Gasteiger partial charge is 0.243 e. The summed E-state index contributed by atoms with van der Waals surface area (Å²) in [5.74, 6) is 0.452. The van der Waals surface area contributed by atoms with Gasteiger partial charge in [-0.1, -0.05) is 29.3 Å². The molecule has 0 saturated carbocycles. The van der Waals surface area contributed by atoms with Gasteiger partial charge in [-0.05, 0) is 45.9 Å². The molecule has 6 nitrogen and oxygen atoms in total. The molecule has 2 aromatic heterocycles. The topological polar surface area (TPSA) is 68.0 Å². The van der Waals surface area contributed by atoms with Crippen LogP contribution < -0.4 is 5.43 Å². The molecule has 0 spiro atoms. The summed E-state index contributed by atoms with van der Waals surface area (Å²) in [6.45, 7) is 7.76. The van der Waals surface area contributed by atoms with Gasteiger partial charge in [0, 0.05) is 11.4 Å². The largest absolute Gasteiger partial charge is 0.245 e. The highest BCUT2D eigenvalue weighted by Crippen LogP contribution is 2.22. The Kier molecular flexibility index (Phi) is 4.81. The van der Waals surface area contributed by atoms with Crippen molar-refractivity contribution in [3.8, 4) is 5.69 Å². The van der Waals surface area contributed by atoms with E-state index in [0.29, 0.717) is 11.1 Å². The van der Waals surface area contributed by atoms with Crippen LogP contribution in [-0.2, 0) is 0 Å². The average molecular weight is 355 g/mol. The number of nitrogens with one attached hydrogen (secondary N) is 1. The summed E-state index contributed by atoms with van der Waals surface area (Å²) >= 11 is 6.49. The van der Waals surface area contributed by atoms with Gasteiger partial charge in [0.05, 0.1) is 23.2 Å². The fourth-order valence-electron chi connectivity index (χ4n) is 2.45. The third-order valence-corrected chi connectivity index (χ3v) is 4.03. The summed E-state index contributed by atoms with van der Waals surface area (Å²) in [6.07, 6.45) is 1.64. The highest BCUT2D eigenvalue weighted by molar-refractivity contribution is 6.32. The van der Waals surface area contributed by atoms with Crippen molar-refractivity contribution in [2.45, 2.75) is 27.7 Å². The van der Waals surface area contributed by atoms with Crippen molar-refractivity contribution in [1.82, 2.24) is 19.7 Å². The summed E-state index contributed by atoms with van der Waals surface area (Å²) in [7, 11) is 0. The first-order valence-corrected chi connectivity index (χ1v) is 8.25. The molecule has 0 aliphatic heterocycles. The van der Waals surface area contributed by atoms with Crippen molar-refractivity contribution in [3.05, 3.63) is 63.7 Å². The van der Waals surface area contributed by atoms with Crippen molar-refractivity contribution in [3.63, 3.8) is 0 Å². The summed E-state index contributed by atoms with van der Waals surface area (Å²) in [4.78, 5) is 8.56. The minimum absolute atomic E-state index is 0.452. The first kappa shape index (κ1) is 17.1. The number of hydrogen-bond donors (Lipinski definition) is 1. The highest BCUT2D eigenvalue weighted by Gasteiger charge is 2.13. The Morgan fingerprint density at radius 3 is 2.32 bits per heavy atom. The van der Waals surface area contributed by atoms with Crippen molar-refractivity contribution < 1.29 is 0 Å². The zero-order valence-electron chi connectivity index (χ0n) is 14.6. The van der Waals surface area contributed by atoms with Crippen LogP contribution in [0, 0.1) is 27.7 Å². The van der Waals surface area contributed by atoms with Crippen molar-refractivity contribution in [2.24, 2.45) is 5.10 Å². The van der Waals surface area contributed by atoms with Crippen LogP contribution in [0.2, 0.25) is 5.15 Å². The maximum Gasteiger partial charge on any atom is 0.243 e. The molecule has 0 amide bonds. The number of hydrazone groups is 1. The van der Waals surface area contributed by atoms with E-state index in [0.717, 1.165) is 28.3 Å². The van der Waals surface area contributed by atoms with Crippen LogP contribution in [-0.4, -0.2) is 26.0 Å². The van der Waals surface area contributed by atoms with Crippen LogP contribution in [0.3, 0.4) is 0 Å². The van der Waals surface area contributed by atoms with Crippen molar-refractivity contribution in [1.29, 1.82) is 0 Å². The molecule has 7 heteroatoms. The molecule has 0 bridgehead atoms. The van der Waals surface area contributed by atoms with Gasteiger partial charge in [0.2, 0.25) is 5.95 Å². The van der Waals surface area contributed by atoms with Gasteiger partial charge < -0.3 is 0 Å². The summed E-state index contributed by atoms with van der Waals surface area (Å²) < 4.78 is 1.70. The lowest BCUT2D eigenvalue weighted by molar-refractivity contribution is 0.863. The van der Waals surface area contributed by atoms with E-state index in [1.54, 1.807) is 10.9 Å². The lowest BCUT2D eigenvalue weighted by atomic mass is 10.2. The van der Waals surface area contributed by atoms with Crippen LogP contribution >= 0.6 is 11.6 Å². The Bertz CT molecular complexity index is 907. The van der Waals surface area contributed by atoms with Crippen LogP contribution in [0.5, 0.6) is 0 Å². The van der Waals surface area contributed by atoms with Gasteiger partial charge in [0.15, 0.2) is 0 Å². The van der Waals surface area contributed by atoms with E-state index in [1.165, 1.54) is 5.56 Å². The molecule has 3 aromatic rings. The number of benzene rings is 1. The van der Waals surface area contributed by atoms with Gasteiger partial charge in [0.1, 0.15) is 5.15 Å². The third-order valence-electron chi connectivity index (χ3n) is 3.67. The normalized spacial score (nSPS) is 11.2. The first-order chi connectivity index (χ1) is 11.9. The minimum Gasteiger partial charge on any atom is -0.245 e. The van der Waals surface area contributed by atoms with Gasteiger partial charge in [-0.3, -0.25) is 0 Å². The molecule has 1 N–H and O–H groups in total. The molecule has 0 atom stereocenters. The van der Waals surface area contributed by atoms with Gasteiger partial charge in [-0.2, -0.15) is 10.2 Å². The molecule has 25 heavy (non-hydrogen) atoms. The number of rotatable bonds is 4. The first-order valence-electron chi connectivity index (χ1n) is 7.87. The zero-order valence-corrected chi connectivity index (χ0v) is 15.3. The second-order valence-corrected chi connectivity index (χ2v) is 6.24. The van der Waals surface area contributed by atoms with E-state index < -0.39 is 0 Å². The fourth-order valence-corrected chi connectivity index (χ4v) is 2.77. The van der Waals surface area contributed by atoms with E-state index >= 15 is 0 Å². The number of halogens is 1. The molecule has 0 saturated heterocycles. The molecule has 1 aromatic carbocycles. The van der Waals surface area contributed by atoms with E-state index in [4.69, 9.17) is 11.6 Å². The Balaban J connectivity index is 1.84. The summed E-state index contributed by atoms with van der Waals surface area (Å²) in [5, 5.41) is 9.21. The SMILES string of the molecule is Cc1ccc(-n2nc(C)c(C=NNc3nc(C)cc(C)n3)c2Cl)cc1. The second-order valence-electron chi connectivity index (χ2n) is 5.88. The fraction of sp³-hybridized carbons (Fsp3) is 0.222. The number of aromatic nitrogens is 4. The third kappa shape index (κ3) is 3.85. The Morgan fingerprint density at radius 1 is 1.04 bits per heavy atom. The van der Waals surface area contributed by atoms with Gasteiger partial charge in [0.25, 0.3) is 0 Å². The van der Waals surface area contributed by atoms with E-state index in [9.17, 15) is 0 Å². The molecule has 0 aliphatic carbocycles. The molecule has 3 rings (SSSR count). The monoisotopic (exact) mass is 354 g/mol. The number of anilines is 1. The molecular formula is C18H19ClN6. The number of aryl methyl sites for hydroxylation is 4. The van der Waals surface area contributed by atoms with E-state index in [-0.39, 0.29) is 0 Å². The molecule has 0 radical (unpaired) electrons. The molecule has 128 valence electrons. The molecular weight excluding hydrogens is 336 g/mol. The maximum atomic E-state index is 6.49.